The standard InChI is InChI=1S/C11H24O2/c1-5-7-11(12)10(6-2)8-13-9(3)4/h9-12H,5-8H2,1-4H3. The number of rotatable bonds is 7. The third-order valence-corrected chi connectivity index (χ3v) is 2.30. The molecule has 0 heterocycles. The van der Waals surface area contributed by atoms with E-state index in [1.54, 1.807) is 0 Å². The van der Waals surface area contributed by atoms with Gasteiger partial charge in [-0.1, -0.05) is 20.3 Å². The molecule has 2 heteroatoms. The zero-order chi connectivity index (χ0) is 10.3. The summed E-state index contributed by atoms with van der Waals surface area (Å²) in [5.41, 5.74) is 0. The summed E-state index contributed by atoms with van der Waals surface area (Å²) >= 11 is 0. The fourth-order valence-electron chi connectivity index (χ4n) is 1.35. The van der Waals surface area contributed by atoms with Crippen LogP contribution in [0.5, 0.6) is 0 Å². The number of hydrogen-bond donors (Lipinski definition) is 1. The lowest BCUT2D eigenvalue weighted by Gasteiger charge is -2.22. The molecule has 0 radical (unpaired) electrons. The molecule has 1 N–H and O–H groups in total. The van der Waals surface area contributed by atoms with Crippen molar-refractivity contribution < 1.29 is 9.84 Å². The van der Waals surface area contributed by atoms with E-state index < -0.39 is 0 Å². The summed E-state index contributed by atoms with van der Waals surface area (Å²) in [5.74, 6) is 0.308. The average Bonchev–Trinajstić information content (AvgIpc) is 2.05. The zero-order valence-corrected chi connectivity index (χ0v) is 9.42. The van der Waals surface area contributed by atoms with Gasteiger partial charge >= 0.3 is 0 Å². The van der Waals surface area contributed by atoms with Gasteiger partial charge in [-0.05, 0) is 26.7 Å². The molecule has 0 aromatic rings. The Morgan fingerprint density at radius 1 is 1.23 bits per heavy atom. The van der Waals surface area contributed by atoms with Crippen LogP contribution in [0.4, 0.5) is 0 Å². The van der Waals surface area contributed by atoms with Crippen molar-refractivity contribution in [3.05, 3.63) is 0 Å². The average molecular weight is 188 g/mol. The summed E-state index contributed by atoms with van der Waals surface area (Å²) in [7, 11) is 0. The number of aliphatic hydroxyl groups is 1. The highest BCUT2D eigenvalue weighted by atomic mass is 16.5. The Balaban J connectivity index is 3.73. The Kier molecular flexibility index (Phi) is 7.29. The van der Waals surface area contributed by atoms with Crippen LogP contribution in [0.25, 0.3) is 0 Å². The summed E-state index contributed by atoms with van der Waals surface area (Å²) in [6, 6.07) is 0. The highest BCUT2D eigenvalue weighted by Crippen LogP contribution is 2.14. The lowest BCUT2D eigenvalue weighted by molar-refractivity contribution is -0.00195. The molecule has 2 unspecified atom stereocenters. The van der Waals surface area contributed by atoms with Gasteiger partial charge in [0.1, 0.15) is 0 Å². The van der Waals surface area contributed by atoms with Crippen LogP contribution in [0.2, 0.25) is 0 Å². The third-order valence-electron chi connectivity index (χ3n) is 2.30. The Hall–Kier alpha value is -0.0800. The van der Waals surface area contributed by atoms with Gasteiger partial charge in [0.25, 0.3) is 0 Å². The van der Waals surface area contributed by atoms with Crippen LogP contribution in [-0.2, 0) is 4.74 Å². The predicted molar refractivity (Wildman–Crippen MR) is 55.8 cm³/mol. The topological polar surface area (TPSA) is 29.5 Å². The minimum Gasteiger partial charge on any atom is -0.393 e. The van der Waals surface area contributed by atoms with Gasteiger partial charge in [0.05, 0.1) is 18.8 Å². The lowest BCUT2D eigenvalue weighted by Crippen LogP contribution is -2.25. The third kappa shape index (κ3) is 6.05. The highest BCUT2D eigenvalue weighted by molar-refractivity contribution is 4.66. The van der Waals surface area contributed by atoms with Crippen LogP contribution in [0.15, 0.2) is 0 Å². The molecule has 80 valence electrons. The second-order valence-electron chi connectivity index (χ2n) is 3.91. The van der Waals surface area contributed by atoms with Crippen LogP contribution in [0, 0.1) is 5.92 Å². The molecule has 0 aromatic heterocycles. The van der Waals surface area contributed by atoms with Crippen LogP contribution < -0.4 is 0 Å². The first-order chi connectivity index (χ1) is 6.11. The van der Waals surface area contributed by atoms with Gasteiger partial charge in [0.15, 0.2) is 0 Å². The van der Waals surface area contributed by atoms with E-state index in [1.165, 1.54) is 0 Å². The van der Waals surface area contributed by atoms with Crippen molar-refractivity contribution in [3.63, 3.8) is 0 Å². The smallest absolute Gasteiger partial charge is 0.0590 e. The zero-order valence-electron chi connectivity index (χ0n) is 9.42. The lowest BCUT2D eigenvalue weighted by atomic mass is 9.97. The van der Waals surface area contributed by atoms with E-state index in [1.807, 2.05) is 13.8 Å². The number of aliphatic hydroxyl groups excluding tert-OH is 1. The normalized spacial score (nSPS) is 16.2. The molecular formula is C11H24O2. The van der Waals surface area contributed by atoms with E-state index in [0.29, 0.717) is 12.5 Å². The summed E-state index contributed by atoms with van der Waals surface area (Å²) in [6.45, 7) is 8.94. The van der Waals surface area contributed by atoms with Gasteiger partial charge in [0, 0.05) is 5.92 Å². The highest BCUT2D eigenvalue weighted by Gasteiger charge is 2.16. The maximum absolute atomic E-state index is 9.74. The first kappa shape index (κ1) is 12.9. The van der Waals surface area contributed by atoms with Gasteiger partial charge in [-0.15, -0.1) is 0 Å². The van der Waals surface area contributed by atoms with E-state index in [4.69, 9.17) is 4.74 Å². The quantitative estimate of drug-likeness (QED) is 0.665. The second kappa shape index (κ2) is 7.34. The first-order valence-electron chi connectivity index (χ1n) is 5.41. The molecule has 0 aromatic carbocycles. The fourth-order valence-corrected chi connectivity index (χ4v) is 1.35. The van der Waals surface area contributed by atoms with Crippen molar-refractivity contribution in [2.75, 3.05) is 6.61 Å². The van der Waals surface area contributed by atoms with Gasteiger partial charge < -0.3 is 9.84 Å². The predicted octanol–water partition coefficient (Wildman–Crippen LogP) is 2.60. The first-order valence-corrected chi connectivity index (χ1v) is 5.41. The van der Waals surface area contributed by atoms with Gasteiger partial charge in [-0.3, -0.25) is 0 Å². The molecule has 2 atom stereocenters. The van der Waals surface area contributed by atoms with Crippen LogP contribution in [0.3, 0.4) is 0 Å². The molecule has 0 saturated carbocycles. The van der Waals surface area contributed by atoms with Crippen molar-refractivity contribution in [2.24, 2.45) is 5.92 Å². The molecule has 0 spiro atoms. The van der Waals surface area contributed by atoms with E-state index in [9.17, 15) is 5.11 Å². The van der Waals surface area contributed by atoms with Gasteiger partial charge in [-0.2, -0.15) is 0 Å². The molecule has 0 aliphatic heterocycles. The molecule has 0 bridgehead atoms. The monoisotopic (exact) mass is 188 g/mol. The fraction of sp³-hybridized carbons (Fsp3) is 1.00. The van der Waals surface area contributed by atoms with Crippen molar-refractivity contribution >= 4 is 0 Å². The largest absolute Gasteiger partial charge is 0.393 e. The van der Waals surface area contributed by atoms with Crippen LogP contribution >= 0.6 is 0 Å². The second-order valence-corrected chi connectivity index (χ2v) is 3.91. The summed E-state index contributed by atoms with van der Waals surface area (Å²) < 4.78 is 5.50. The van der Waals surface area contributed by atoms with E-state index >= 15 is 0 Å². The minimum atomic E-state index is -0.186. The summed E-state index contributed by atoms with van der Waals surface area (Å²) in [5, 5.41) is 9.74. The molecule has 0 saturated heterocycles. The number of hydrogen-bond acceptors (Lipinski definition) is 2. The van der Waals surface area contributed by atoms with Crippen molar-refractivity contribution in [2.45, 2.75) is 59.2 Å². The van der Waals surface area contributed by atoms with Crippen LogP contribution in [0.1, 0.15) is 47.0 Å². The van der Waals surface area contributed by atoms with E-state index in [0.717, 1.165) is 19.3 Å². The maximum Gasteiger partial charge on any atom is 0.0590 e. The van der Waals surface area contributed by atoms with Gasteiger partial charge in [-0.25, -0.2) is 0 Å². The Bertz CT molecular complexity index is 113. The number of ether oxygens (including phenoxy) is 1. The molecule has 0 fully saturated rings. The Labute approximate surface area is 82.3 Å². The molecule has 0 rings (SSSR count). The summed E-state index contributed by atoms with van der Waals surface area (Å²) in [6.07, 6.45) is 3.00. The molecule has 2 nitrogen and oxygen atoms in total. The Morgan fingerprint density at radius 2 is 1.85 bits per heavy atom. The maximum atomic E-state index is 9.74. The van der Waals surface area contributed by atoms with Gasteiger partial charge in [0.2, 0.25) is 0 Å². The minimum absolute atomic E-state index is 0.186. The molecule has 0 aliphatic carbocycles. The summed E-state index contributed by atoms with van der Waals surface area (Å²) in [4.78, 5) is 0. The molecular weight excluding hydrogens is 164 g/mol. The molecule has 13 heavy (non-hydrogen) atoms. The SMILES string of the molecule is CCCC(O)C(CC)COC(C)C. The molecule has 0 amide bonds. The van der Waals surface area contributed by atoms with E-state index in [-0.39, 0.29) is 12.2 Å². The van der Waals surface area contributed by atoms with Crippen molar-refractivity contribution in [1.82, 2.24) is 0 Å². The van der Waals surface area contributed by atoms with Crippen LogP contribution in [-0.4, -0.2) is 23.9 Å². The van der Waals surface area contributed by atoms with Crippen molar-refractivity contribution in [1.29, 1.82) is 0 Å². The molecule has 0 aliphatic rings. The van der Waals surface area contributed by atoms with Crippen molar-refractivity contribution in [3.8, 4) is 0 Å². The van der Waals surface area contributed by atoms with E-state index in [2.05, 4.69) is 13.8 Å². The Morgan fingerprint density at radius 3 is 2.23 bits per heavy atom.